The zero-order valence-corrected chi connectivity index (χ0v) is 10.7. The number of azide groups is 1. The molecule has 0 aromatic heterocycles. The minimum Gasteiger partial charge on any atom is -0.224 e. The van der Waals surface area contributed by atoms with E-state index in [1.807, 2.05) is 13.0 Å². The summed E-state index contributed by atoms with van der Waals surface area (Å²) in [6, 6.07) is 5.36. The van der Waals surface area contributed by atoms with Crippen molar-refractivity contribution in [3.05, 3.63) is 39.8 Å². The molecule has 0 aliphatic rings. The molecule has 0 radical (unpaired) electrons. The van der Waals surface area contributed by atoms with Gasteiger partial charge in [0.25, 0.3) is 0 Å². The fourth-order valence-electron chi connectivity index (χ4n) is 1.52. The topological polar surface area (TPSA) is 82.9 Å². The Morgan fingerprint density at radius 3 is 2.71 bits per heavy atom. The van der Waals surface area contributed by atoms with E-state index >= 15 is 0 Å². The van der Waals surface area contributed by atoms with Crippen LogP contribution in [0.25, 0.3) is 10.4 Å². The first-order valence-corrected chi connectivity index (χ1v) is 6.93. The summed E-state index contributed by atoms with van der Waals surface area (Å²) < 4.78 is 24.1. The van der Waals surface area contributed by atoms with Crippen LogP contribution in [0.3, 0.4) is 0 Å². The zero-order chi connectivity index (χ0) is 12.9. The Morgan fingerprint density at radius 2 is 2.06 bits per heavy atom. The van der Waals surface area contributed by atoms with Crippen LogP contribution in [0, 0.1) is 13.8 Å². The zero-order valence-electron chi connectivity index (χ0n) is 9.92. The van der Waals surface area contributed by atoms with Gasteiger partial charge in [0.1, 0.15) is 0 Å². The summed E-state index contributed by atoms with van der Waals surface area (Å²) >= 11 is 0. The molecule has 0 amide bonds. The minimum atomic E-state index is -3.28. The van der Waals surface area contributed by atoms with Crippen molar-refractivity contribution < 1.29 is 8.42 Å². The molecular formula is C11H15N3O2S. The molecule has 0 saturated heterocycles. The summed E-state index contributed by atoms with van der Waals surface area (Å²) in [5.74, 6) is 0.0102. The highest BCUT2D eigenvalue weighted by Gasteiger charge is 2.16. The van der Waals surface area contributed by atoms with Crippen molar-refractivity contribution in [1.82, 2.24) is 0 Å². The van der Waals surface area contributed by atoms with Gasteiger partial charge in [0.05, 0.1) is 10.6 Å². The Bertz CT molecular complexity index is 546. The van der Waals surface area contributed by atoms with E-state index in [2.05, 4.69) is 10.0 Å². The van der Waals surface area contributed by atoms with E-state index < -0.39 is 9.84 Å². The Hall–Kier alpha value is -1.52. The molecule has 0 aliphatic heterocycles. The maximum Gasteiger partial charge on any atom is 0.178 e. The van der Waals surface area contributed by atoms with Crippen LogP contribution in [0.15, 0.2) is 28.2 Å². The lowest BCUT2D eigenvalue weighted by atomic mass is 10.2. The van der Waals surface area contributed by atoms with Crippen LogP contribution in [-0.4, -0.2) is 20.7 Å². The van der Waals surface area contributed by atoms with Crippen LogP contribution in [0.1, 0.15) is 17.5 Å². The lowest BCUT2D eigenvalue weighted by Crippen LogP contribution is -2.09. The van der Waals surface area contributed by atoms with Crippen LogP contribution < -0.4 is 0 Å². The maximum absolute atomic E-state index is 12.0. The standard InChI is InChI=1S/C11H15N3O2S/c1-9-4-5-10(2)11(8-9)17(15,16)7-3-6-13-14-12/h4-5,8H,3,6-7H2,1-2H3. The first-order valence-electron chi connectivity index (χ1n) is 5.28. The summed E-state index contributed by atoms with van der Waals surface area (Å²) in [6.07, 6.45) is 0.347. The number of nitrogens with zero attached hydrogens (tertiary/aromatic N) is 3. The number of rotatable bonds is 5. The first kappa shape index (κ1) is 13.5. The van der Waals surface area contributed by atoms with E-state index in [9.17, 15) is 8.42 Å². The van der Waals surface area contributed by atoms with Crippen LogP contribution in [-0.2, 0) is 9.84 Å². The van der Waals surface area contributed by atoms with Crippen LogP contribution >= 0.6 is 0 Å². The normalized spacial score (nSPS) is 10.9. The molecule has 1 rings (SSSR count). The van der Waals surface area contributed by atoms with Crippen molar-refractivity contribution in [3.63, 3.8) is 0 Å². The predicted molar refractivity (Wildman–Crippen MR) is 66.6 cm³/mol. The van der Waals surface area contributed by atoms with Gasteiger partial charge in [0.2, 0.25) is 0 Å². The van der Waals surface area contributed by atoms with Gasteiger partial charge < -0.3 is 0 Å². The van der Waals surface area contributed by atoms with Gasteiger partial charge in [-0.05, 0) is 43.0 Å². The molecule has 0 saturated carbocycles. The third kappa shape index (κ3) is 3.76. The predicted octanol–water partition coefficient (Wildman–Crippen LogP) is 2.78. The molecule has 92 valence electrons. The Labute approximate surface area is 101 Å². The van der Waals surface area contributed by atoms with E-state index in [0.29, 0.717) is 11.3 Å². The maximum atomic E-state index is 12.0. The molecule has 17 heavy (non-hydrogen) atoms. The summed E-state index contributed by atoms with van der Waals surface area (Å²) in [4.78, 5) is 2.96. The van der Waals surface area contributed by atoms with E-state index in [-0.39, 0.29) is 12.3 Å². The largest absolute Gasteiger partial charge is 0.224 e. The van der Waals surface area contributed by atoms with E-state index in [0.717, 1.165) is 11.1 Å². The van der Waals surface area contributed by atoms with Crippen molar-refractivity contribution in [3.8, 4) is 0 Å². The highest BCUT2D eigenvalue weighted by molar-refractivity contribution is 7.91. The molecule has 1 aromatic rings. The molecular weight excluding hydrogens is 238 g/mol. The van der Waals surface area contributed by atoms with Gasteiger partial charge in [-0.3, -0.25) is 0 Å². The third-order valence-corrected chi connectivity index (χ3v) is 4.35. The second kappa shape index (κ2) is 5.70. The van der Waals surface area contributed by atoms with Gasteiger partial charge in [-0.25, -0.2) is 8.42 Å². The lowest BCUT2D eigenvalue weighted by molar-refractivity contribution is 0.593. The fourth-order valence-corrected chi connectivity index (χ4v) is 3.18. The minimum absolute atomic E-state index is 0.0102. The third-order valence-electron chi connectivity index (χ3n) is 2.41. The average Bonchev–Trinajstić information content (AvgIpc) is 2.28. The molecule has 5 nitrogen and oxygen atoms in total. The van der Waals surface area contributed by atoms with E-state index in [1.54, 1.807) is 19.1 Å². The molecule has 0 unspecified atom stereocenters. The highest BCUT2D eigenvalue weighted by atomic mass is 32.2. The van der Waals surface area contributed by atoms with Gasteiger partial charge in [0, 0.05) is 11.5 Å². The quantitative estimate of drug-likeness (QED) is 0.350. The summed E-state index contributed by atoms with van der Waals surface area (Å²) in [6.45, 7) is 3.85. The highest BCUT2D eigenvalue weighted by Crippen LogP contribution is 2.18. The van der Waals surface area contributed by atoms with Gasteiger partial charge in [-0.15, -0.1) is 0 Å². The average molecular weight is 253 g/mol. The van der Waals surface area contributed by atoms with Crippen molar-refractivity contribution in [1.29, 1.82) is 0 Å². The van der Waals surface area contributed by atoms with Crippen molar-refractivity contribution >= 4 is 9.84 Å². The van der Waals surface area contributed by atoms with Gasteiger partial charge in [0.15, 0.2) is 9.84 Å². The number of sulfone groups is 1. The summed E-state index contributed by atoms with van der Waals surface area (Å²) in [5, 5.41) is 3.32. The smallest absolute Gasteiger partial charge is 0.178 e. The summed E-state index contributed by atoms with van der Waals surface area (Å²) in [5.41, 5.74) is 9.77. The van der Waals surface area contributed by atoms with Crippen LogP contribution in [0.4, 0.5) is 0 Å². The van der Waals surface area contributed by atoms with Gasteiger partial charge in [-0.2, -0.15) is 0 Å². The molecule has 1 aromatic carbocycles. The van der Waals surface area contributed by atoms with Crippen molar-refractivity contribution in [2.24, 2.45) is 5.11 Å². The Morgan fingerprint density at radius 1 is 1.35 bits per heavy atom. The molecule has 0 bridgehead atoms. The van der Waals surface area contributed by atoms with E-state index in [4.69, 9.17) is 5.53 Å². The molecule has 0 spiro atoms. The Kier molecular flexibility index (Phi) is 4.54. The van der Waals surface area contributed by atoms with Gasteiger partial charge in [-0.1, -0.05) is 17.2 Å². The Balaban J connectivity index is 2.89. The number of hydrogen-bond donors (Lipinski definition) is 0. The second-order valence-corrected chi connectivity index (χ2v) is 5.97. The monoisotopic (exact) mass is 253 g/mol. The molecule has 0 fully saturated rings. The number of hydrogen-bond acceptors (Lipinski definition) is 3. The van der Waals surface area contributed by atoms with Crippen LogP contribution in [0.2, 0.25) is 0 Å². The summed E-state index contributed by atoms with van der Waals surface area (Å²) in [7, 11) is -3.28. The molecule has 0 atom stereocenters. The van der Waals surface area contributed by atoms with Gasteiger partial charge >= 0.3 is 0 Å². The second-order valence-electron chi connectivity index (χ2n) is 3.90. The molecule has 0 N–H and O–H groups in total. The fraction of sp³-hybridized carbons (Fsp3) is 0.455. The van der Waals surface area contributed by atoms with Crippen molar-refractivity contribution in [2.75, 3.05) is 12.3 Å². The van der Waals surface area contributed by atoms with E-state index in [1.165, 1.54) is 0 Å². The lowest BCUT2D eigenvalue weighted by Gasteiger charge is -2.07. The van der Waals surface area contributed by atoms with Crippen LogP contribution in [0.5, 0.6) is 0 Å². The van der Waals surface area contributed by atoms with Crippen molar-refractivity contribution in [2.45, 2.75) is 25.2 Å². The number of benzene rings is 1. The number of aryl methyl sites for hydroxylation is 2. The molecule has 0 aliphatic carbocycles. The molecule has 6 heteroatoms. The SMILES string of the molecule is Cc1ccc(C)c(S(=O)(=O)CCCN=[N+]=[N-])c1. The molecule has 0 heterocycles. The first-order chi connectivity index (χ1) is 7.97.